The number of aromatic nitrogens is 2. The fourth-order valence-electron chi connectivity index (χ4n) is 1.57. The van der Waals surface area contributed by atoms with Gasteiger partial charge < -0.3 is 16.2 Å². The Hall–Kier alpha value is -2.55. The van der Waals surface area contributed by atoms with E-state index in [9.17, 15) is 18.0 Å². The number of hydrogen-bond acceptors (Lipinski definition) is 5. The Balaban J connectivity index is 2.27. The molecule has 6 nitrogen and oxygen atoms in total. The van der Waals surface area contributed by atoms with Crippen molar-refractivity contribution in [1.82, 2.24) is 9.97 Å². The summed E-state index contributed by atoms with van der Waals surface area (Å²) in [6, 6.07) is 2.99. The van der Waals surface area contributed by atoms with Crippen LogP contribution in [0.25, 0.3) is 0 Å². The molecule has 22 heavy (non-hydrogen) atoms. The van der Waals surface area contributed by atoms with Crippen LogP contribution in [0.3, 0.4) is 0 Å². The van der Waals surface area contributed by atoms with E-state index in [2.05, 4.69) is 15.3 Å². The number of carbonyl (C=O) groups is 1. The summed E-state index contributed by atoms with van der Waals surface area (Å²) in [5.41, 5.74) is 4.38. The van der Waals surface area contributed by atoms with Crippen molar-refractivity contribution in [2.45, 2.75) is 6.18 Å². The van der Waals surface area contributed by atoms with Gasteiger partial charge in [0.25, 0.3) is 0 Å². The normalized spacial score (nSPS) is 11.3. The number of carboxylic acid groups (broad SMARTS) is 1. The molecule has 0 unspecified atom stereocenters. The van der Waals surface area contributed by atoms with Crippen LogP contribution in [-0.4, -0.2) is 21.0 Å². The standard InChI is InChI=1S/C12H8ClF3N4O2/c13-8-3-5(1-2-7(8)12(14,15)16)19-11-18-4-6(10(21)22)9(17)20-11/h1-4H,(H,21,22)(H3,17,18,19,20). The first kappa shape index (κ1) is 15.8. The van der Waals surface area contributed by atoms with Crippen LogP contribution in [0.5, 0.6) is 0 Å². The number of nitrogens with two attached hydrogens (primary N) is 1. The third kappa shape index (κ3) is 3.37. The summed E-state index contributed by atoms with van der Waals surface area (Å²) >= 11 is 5.58. The second kappa shape index (κ2) is 5.68. The van der Waals surface area contributed by atoms with Gasteiger partial charge in [-0.15, -0.1) is 0 Å². The Morgan fingerprint density at radius 3 is 2.55 bits per heavy atom. The molecular weight excluding hydrogens is 325 g/mol. The summed E-state index contributed by atoms with van der Waals surface area (Å²) in [5, 5.41) is 10.9. The van der Waals surface area contributed by atoms with Gasteiger partial charge in [0.1, 0.15) is 11.4 Å². The maximum absolute atomic E-state index is 12.6. The second-order valence-corrected chi connectivity index (χ2v) is 4.52. The maximum Gasteiger partial charge on any atom is 0.417 e. The van der Waals surface area contributed by atoms with Crippen molar-refractivity contribution < 1.29 is 23.1 Å². The summed E-state index contributed by atoms with van der Waals surface area (Å²) < 4.78 is 37.7. The van der Waals surface area contributed by atoms with Crippen molar-refractivity contribution in [2.75, 3.05) is 11.1 Å². The molecular formula is C12H8ClF3N4O2. The van der Waals surface area contributed by atoms with E-state index in [0.29, 0.717) is 0 Å². The molecule has 0 saturated heterocycles. The Morgan fingerprint density at radius 1 is 1.36 bits per heavy atom. The van der Waals surface area contributed by atoms with Gasteiger partial charge in [0.15, 0.2) is 0 Å². The van der Waals surface area contributed by atoms with Crippen LogP contribution >= 0.6 is 11.6 Å². The Morgan fingerprint density at radius 2 is 2.05 bits per heavy atom. The van der Waals surface area contributed by atoms with Crippen LogP contribution in [-0.2, 0) is 6.18 Å². The topological polar surface area (TPSA) is 101 Å². The molecule has 116 valence electrons. The van der Waals surface area contributed by atoms with Gasteiger partial charge in [-0.25, -0.2) is 9.78 Å². The summed E-state index contributed by atoms with van der Waals surface area (Å²) in [6.07, 6.45) is -3.57. The van der Waals surface area contributed by atoms with E-state index < -0.39 is 22.7 Å². The maximum atomic E-state index is 12.6. The minimum atomic E-state index is -4.56. The molecule has 0 atom stereocenters. The molecule has 0 bridgehead atoms. The van der Waals surface area contributed by atoms with Crippen molar-refractivity contribution in [3.63, 3.8) is 0 Å². The van der Waals surface area contributed by atoms with E-state index in [4.69, 9.17) is 22.4 Å². The number of aromatic carboxylic acids is 1. The summed E-state index contributed by atoms with van der Waals surface area (Å²) in [5.74, 6) is -1.64. The average molecular weight is 333 g/mol. The fourth-order valence-corrected chi connectivity index (χ4v) is 1.86. The van der Waals surface area contributed by atoms with Gasteiger partial charge in [-0.05, 0) is 18.2 Å². The van der Waals surface area contributed by atoms with Crippen LogP contribution in [0.4, 0.5) is 30.6 Å². The monoisotopic (exact) mass is 332 g/mol. The SMILES string of the molecule is Nc1nc(Nc2ccc(C(F)(F)F)c(Cl)c2)ncc1C(=O)O. The first-order valence-corrected chi connectivity index (χ1v) is 6.06. The molecule has 1 aromatic heterocycles. The van der Waals surface area contributed by atoms with Crippen molar-refractivity contribution in [3.05, 3.63) is 40.5 Å². The summed E-state index contributed by atoms with van der Waals surface area (Å²) in [7, 11) is 0. The van der Waals surface area contributed by atoms with Crippen molar-refractivity contribution in [1.29, 1.82) is 0 Å². The van der Waals surface area contributed by atoms with Crippen LogP contribution in [0.15, 0.2) is 24.4 Å². The number of halogens is 4. The second-order valence-electron chi connectivity index (χ2n) is 4.12. The highest BCUT2D eigenvalue weighted by molar-refractivity contribution is 6.31. The number of anilines is 3. The van der Waals surface area contributed by atoms with E-state index in [0.717, 1.165) is 24.4 Å². The van der Waals surface area contributed by atoms with Crippen molar-refractivity contribution >= 4 is 35.0 Å². The van der Waals surface area contributed by atoms with E-state index in [1.165, 1.54) is 0 Å². The zero-order valence-electron chi connectivity index (χ0n) is 10.6. The van der Waals surface area contributed by atoms with E-state index >= 15 is 0 Å². The minimum Gasteiger partial charge on any atom is -0.477 e. The molecule has 2 aromatic rings. The average Bonchev–Trinajstić information content (AvgIpc) is 2.36. The van der Waals surface area contributed by atoms with Gasteiger partial charge >= 0.3 is 12.1 Å². The predicted molar refractivity (Wildman–Crippen MR) is 73.1 cm³/mol. The first-order valence-electron chi connectivity index (χ1n) is 5.68. The minimum absolute atomic E-state index is 0.0710. The van der Waals surface area contributed by atoms with Gasteiger partial charge in [0.2, 0.25) is 5.95 Å². The smallest absolute Gasteiger partial charge is 0.417 e. The molecule has 0 spiro atoms. The molecule has 0 aliphatic rings. The lowest BCUT2D eigenvalue weighted by atomic mass is 10.2. The Kier molecular flexibility index (Phi) is 4.09. The van der Waals surface area contributed by atoms with Gasteiger partial charge in [-0.1, -0.05) is 11.6 Å². The zero-order valence-corrected chi connectivity index (χ0v) is 11.4. The molecule has 0 aliphatic carbocycles. The van der Waals surface area contributed by atoms with E-state index in [1.807, 2.05) is 0 Å². The lowest BCUT2D eigenvalue weighted by Crippen LogP contribution is -2.08. The van der Waals surface area contributed by atoms with Crippen molar-refractivity contribution in [3.8, 4) is 0 Å². The molecule has 1 heterocycles. The fraction of sp³-hybridized carbons (Fsp3) is 0.0833. The number of carboxylic acids is 1. The third-order valence-electron chi connectivity index (χ3n) is 2.58. The number of nitrogens with one attached hydrogen (secondary N) is 1. The number of hydrogen-bond donors (Lipinski definition) is 3. The Bertz CT molecular complexity index is 737. The summed E-state index contributed by atoms with van der Waals surface area (Å²) in [6.45, 7) is 0. The highest BCUT2D eigenvalue weighted by atomic mass is 35.5. The van der Waals surface area contributed by atoms with Crippen LogP contribution in [0.1, 0.15) is 15.9 Å². The zero-order chi connectivity index (χ0) is 16.5. The van der Waals surface area contributed by atoms with Gasteiger partial charge in [-0.2, -0.15) is 18.2 Å². The first-order chi connectivity index (χ1) is 10.2. The van der Waals surface area contributed by atoms with Crippen LogP contribution < -0.4 is 11.1 Å². The highest BCUT2D eigenvalue weighted by Crippen LogP contribution is 2.36. The molecule has 2 rings (SSSR count). The molecule has 0 amide bonds. The molecule has 0 fully saturated rings. The number of alkyl halides is 3. The molecule has 4 N–H and O–H groups in total. The largest absolute Gasteiger partial charge is 0.477 e. The number of benzene rings is 1. The molecule has 0 saturated carbocycles. The molecule has 10 heteroatoms. The summed E-state index contributed by atoms with van der Waals surface area (Å²) in [4.78, 5) is 18.2. The molecule has 1 aromatic carbocycles. The number of nitrogen functional groups attached to an aromatic ring is 1. The van der Waals surface area contributed by atoms with Gasteiger partial charge in [-0.3, -0.25) is 0 Å². The third-order valence-corrected chi connectivity index (χ3v) is 2.89. The quantitative estimate of drug-likeness (QED) is 0.798. The van der Waals surface area contributed by atoms with Crippen LogP contribution in [0.2, 0.25) is 5.02 Å². The van der Waals surface area contributed by atoms with E-state index in [-0.39, 0.29) is 23.0 Å². The van der Waals surface area contributed by atoms with Crippen molar-refractivity contribution in [2.24, 2.45) is 0 Å². The van der Waals surface area contributed by atoms with Gasteiger partial charge in [0.05, 0.1) is 10.6 Å². The van der Waals surface area contributed by atoms with Gasteiger partial charge in [0, 0.05) is 11.9 Å². The lowest BCUT2D eigenvalue weighted by Gasteiger charge is -2.11. The molecule has 0 radical (unpaired) electrons. The highest BCUT2D eigenvalue weighted by Gasteiger charge is 2.33. The lowest BCUT2D eigenvalue weighted by molar-refractivity contribution is -0.137. The van der Waals surface area contributed by atoms with Crippen LogP contribution in [0, 0.1) is 0 Å². The van der Waals surface area contributed by atoms with E-state index in [1.54, 1.807) is 0 Å². The Labute approximate surface area is 126 Å². The number of nitrogens with zero attached hydrogens (tertiary/aromatic N) is 2. The molecule has 0 aliphatic heterocycles. The number of rotatable bonds is 3. The predicted octanol–water partition coefficient (Wildman–Crippen LogP) is 3.17.